The topological polar surface area (TPSA) is 12.4 Å². The highest BCUT2D eigenvalue weighted by atomic mass is 14.7. The van der Waals surface area contributed by atoms with Gasteiger partial charge in [0.15, 0.2) is 0 Å². The molecule has 0 saturated heterocycles. The second-order valence-electron chi connectivity index (χ2n) is 3.08. The summed E-state index contributed by atoms with van der Waals surface area (Å²) in [5.41, 5.74) is 2.85. The van der Waals surface area contributed by atoms with Crippen molar-refractivity contribution >= 4 is 11.4 Å². The fraction of sp³-hybridized carbons (Fsp3) is 0. The number of hydrogen-bond acceptors (Lipinski definition) is 1. The van der Waals surface area contributed by atoms with Gasteiger partial charge in [0.1, 0.15) is 0 Å². The predicted octanol–water partition coefficient (Wildman–Crippen LogP) is 3.44. The predicted molar refractivity (Wildman–Crippen MR) is 61.0 cm³/mol. The summed E-state index contributed by atoms with van der Waals surface area (Å²) in [5, 5.41) is 0. The molecule has 0 radical (unpaired) electrons. The number of benzene rings is 1. The van der Waals surface area contributed by atoms with Gasteiger partial charge in [-0.25, -0.2) is 4.99 Å². The van der Waals surface area contributed by atoms with Gasteiger partial charge in [-0.05, 0) is 23.8 Å². The summed E-state index contributed by atoms with van der Waals surface area (Å²) in [6.07, 6.45) is 7.86. The second-order valence-corrected chi connectivity index (χ2v) is 3.08. The molecule has 14 heavy (non-hydrogen) atoms. The van der Waals surface area contributed by atoms with Crippen LogP contribution in [-0.4, -0.2) is 5.71 Å². The van der Waals surface area contributed by atoms with E-state index in [4.69, 9.17) is 0 Å². The molecule has 2 rings (SSSR count). The number of rotatable bonds is 1. The van der Waals surface area contributed by atoms with E-state index in [1.807, 2.05) is 54.6 Å². The molecule has 1 aliphatic rings. The summed E-state index contributed by atoms with van der Waals surface area (Å²) in [6.45, 7) is 3.92. The number of aliphatic imine (C=N–C) groups is 1. The summed E-state index contributed by atoms with van der Waals surface area (Å²) in [5.74, 6) is 0. The summed E-state index contributed by atoms with van der Waals surface area (Å²) in [7, 11) is 0. The van der Waals surface area contributed by atoms with Crippen LogP contribution < -0.4 is 0 Å². The number of nitrogens with zero attached hydrogens (tertiary/aromatic N) is 1. The Morgan fingerprint density at radius 2 is 1.64 bits per heavy atom. The van der Waals surface area contributed by atoms with E-state index in [1.54, 1.807) is 0 Å². The first kappa shape index (κ1) is 8.70. The Balaban J connectivity index is 2.32. The van der Waals surface area contributed by atoms with Gasteiger partial charge in [0.25, 0.3) is 0 Å². The average molecular weight is 181 g/mol. The molecule has 0 bridgehead atoms. The van der Waals surface area contributed by atoms with Crippen molar-refractivity contribution in [2.45, 2.75) is 0 Å². The van der Waals surface area contributed by atoms with E-state index in [9.17, 15) is 0 Å². The largest absolute Gasteiger partial charge is 0.248 e. The van der Waals surface area contributed by atoms with E-state index >= 15 is 0 Å². The van der Waals surface area contributed by atoms with E-state index in [0.29, 0.717) is 0 Å². The Morgan fingerprint density at radius 1 is 0.929 bits per heavy atom. The summed E-state index contributed by atoms with van der Waals surface area (Å²) >= 11 is 0. The van der Waals surface area contributed by atoms with E-state index in [2.05, 4.69) is 11.6 Å². The summed E-state index contributed by atoms with van der Waals surface area (Å²) in [6, 6.07) is 9.89. The number of hydrogen-bond donors (Lipinski definition) is 0. The lowest BCUT2D eigenvalue weighted by molar-refractivity contribution is 1.50. The van der Waals surface area contributed by atoms with Crippen molar-refractivity contribution in [1.29, 1.82) is 0 Å². The molecule has 0 fully saturated rings. The van der Waals surface area contributed by atoms with Crippen LogP contribution in [0.1, 0.15) is 0 Å². The third-order valence-corrected chi connectivity index (χ3v) is 2.00. The van der Waals surface area contributed by atoms with Gasteiger partial charge in [-0.2, -0.15) is 0 Å². The lowest BCUT2D eigenvalue weighted by Gasteiger charge is -2.04. The van der Waals surface area contributed by atoms with Crippen molar-refractivity contribution < 1.29 is 0 Å². The molecule has 1 aromatic carbocycles. The molecule has 1 aromatic rings. The van der Waals surface area contributed by atoms with Crippen LogP contribution in [0.3, 0.4) is 0 Å². The first-order valence-corrected chi connectivity index (χ1v) is 4.54. The fourth-order valence-electron chi connectivity index (χ4n) is 1.26. The van der Waals surface area contributed by atoms with E-state index < -0.39 is 0 Å². The highest BCUT2D eigenvalue weighted by molar-refractivity contribution is 6.12. The van der Waals surface area contributed by atoms with E-state index in [0.717, 1.165) is 17.0 Å². The lowest BCUT2D eigenvalue weighted by Crippen LogP contribution is -1.97. The molecule has 1 heteroatoms. The van der Waals surface area contributed by atoms with Crippen LogP contribution >= 0.6 is 0 Å². The molecular weight excluding hydrogens is 170 g/mol. The highest BCUT2D eigenvalue weighted by Gasteiger charge is 2.00. The fourth-order valence-corrected chi connectivity index (χ4v) is 1.26. The van der Waals surface area contributed by atoms with Gasteiger partial charge in [-0.1, -0.05) is 43.0 Å². The van der Waals surface area contributed by atoms with Gasteiger partial charge in [-0.3, -0.25) is 0 Å². The first-order valence-electron chi connectivity index (χ1n) is 4.54. The van der Waals surface area contributed by atoms with Gasteiger partial charge in [-0.15, -0.1) is 0 Å². The van der Waals surface area contributed by atoms with Crippen LogP contribution in [-0.2, 0) is 0 Å². The van der Waals surface area contributed by atoms with Crippen molar-refractivity contribution in [3.8, 4) is 0 Å². The Bertz CT molecular complexity index is 422. The third kappa shape index (κ3) is 1.88. The quantitative estimate of drug-likeness (QED) is 0.629. The molecule has 0 N–H and O–H groups in total. The number of para-hydroxylation sites is 1. The van der Waals surface area contributed by atoms with Crippen LogP contribution in [0.4, 0.5) is 5.69 Å². The van der Waals surface area contributed by atoms with Gasteiger partial charge >= 0.3 is 0 Å². The Labute approximate surface area is 83.8 Å². The molecule has 68 valence electrons. The third-order valence-electron chi connectivity index (χ3n) is 2.00. The first-order chi connectivity index (χ1) is 6.86. The molecule has 0 atom stereocenters. The van der Waals surface area contributed by atoms with E-state index in [-0.39, 0.29) is 0 Å². The molecule has 0 spiro atoms. The Kier molecular flexibility index (Phi) is 2.41. The Morgan fingerprint density at radius 3 is 2.36 bits per heavy atom. The minimum atomic E-state index is 0.929. The van der Waals surface area contributed by atoms with Crippen molar-refractivity contribution in [2.75, 3.05) is 0 Å². The monoisotopic (exact) mass is 181 g/mol. The maximum Gasteiger partial charge on any atom is 0.0703 e. The molecule has 1 aliphatic carbocycles. The van der Waals surface area contributed by atoms with Crippen LogP contribution in [0.25, 0.3) is 0 Å². The van der Waals surface area contributed by atoms with Crippen molar-refractivity contribution in [2.24, 2.45) is 4.99 Å². The standard InChI is InChI=1S/C13H11N/c1-11-7-5-6-10-13(11)14-12-8-3-2-4-9-12/h2-10H,1H2. The highest BCUT2D eigenvalue weighted by Crippen LogP contribution is 2.14. The van der Waals surface area contributed by atoms with Gasteiger partial charge < -0.3 is 0 Å². The maximum atomic E-state index is 4.48. The molecular formula is C13H11N. The average Bonchev–Trinajstić information content (AvgIpc) is 2.23. The zero-order valence-electron chi connectivity index (χ0n) is 7.85. The Hall–Kier alpha value is -1.89. The number of allylic oxidation sites excluding steroid dienone is 5. The molecule has 0 unspecified atom stereocenters. The second kappa shape index (κ2) is 3.88. The van der Waals surface area contributed by atoms with E-state index in [1.165, 1.54) is 0 Å². The minimum absolute atomic E-state index is 0.929. The minimum Gasteiger partial charge on any atom is -0.248 e. The molecule has 0 amide bonds. The zero-order chi connectivity index (χ0) is 9.80. The van der Waals surface area contributed by atoms with Crippen molar-refractivity contribution in [3.05, 3.63) is 66.8 Å². The summed E-state index contributed by atoms with van der Waals surface area (Å²) in [4.78, 5) is 4.48. The SMILES string of the molecule is C=C1C=CC=CC1=Nc1ccccc1. The van der Waals surface area contributed by atoms with Gasteiger partial charge in [0, 0.05) is 0 Å². The van der Waals surface area contributed by atoms with Crippen LogP contribution in [0.15, 0.2) is 71.8 Å². The van der Waals surface area contributed by atoms with Crippen LogP contribution in [0, 0.1) is 0 Å². The van der Waals surface area contributed by atoms with Gasteiger partial charge in [0.05, 0.1) is 11.4 Å². The van der Waals surface area contributed by atoms with Gasteiger partial charge in [0.2, 0.25) is 0 Å². The molecule has 0 aromatic heterocycles. The maximum absolute atomic E-state index is 4.48. The molecule has 0 saturated carbocycles. The van der Waals surface area contributed by atoms with Crippen molar-refractivity contribution in [3.63, 3.8) is 0 Å². The lowest BCUT2D eigenvalue weighted by atomic mass is 10.1. The van der Waals surface area contributed by atoms with Crippen molar-refractivity contribution in [1.82, 2.24) is 0 Å². The zero-order valence-corrected chi connectivity index (χ0v) is 7.85. The van der Waals surface area contributed by atoms with Crippen LogP contribution in [0.5, 0.6) is 0 Å². The molecule has 1 nitrogen and oxygen atoms in total. The smallest absolute Gasteiger partial charge is 0.0703 e. The molecule has 0 aliphatic heterocycles. The normalized spacial score (nSPS) is 17.7. The summed E-state index contributed by atoms with van der Waals surface area (Å²) < 4.78 is 0. The molecule has 0 heterocycles. The van der Waals surface area contributed by atoms with Crippen LogP contribution in [0.2, 0.25) is 0 Å².